The number of halogens is 1. The van der Waals surface area contributed by atoms with Crippen LogP contribution < -0.4 is 10.4 Å². The van der Waals surface area contributed by atoms with Gasteiger partial charge in [0.1, 0.15) is 5.82 Å². The lowest BCUT2D eigenvalue weighted by atomic mass is 9.79. The van der Waals surface area contributed by atoms with E-state index in [2.05, 4.69) is 10.3 Å². The number of hydrogen-bond acceptors (Lipinski definition) is 5. The number of rotatable bonds is 4. The van der Waals surface area contributed by atoms with Crippen LogP contribution >= 0.6 is 11.3 Å². The van der Waals surface area contributed by atoms with Gasteiger partial charge in [0.2, 0.25) is 5.91 Å². The fourth-order valence-electron chi connectivity index (χ4n) is 4.86. The molecule has 1 aromatic carbocycles. The molecule has 2 fully saturated rings. The molecule has 1 N–H and O–H groups in total. The number of anilines is 1. The maximum atomic E-state index is 13.1. The van der Waals surface area contributed by atoms with Gasteiger partial charge < -0.3 is 15.2 Å². The van der Waals surface area contributed by atoms with Crippen molar-refractivity contribution >= 4 is 28.3 Å². The smallest absolute Gasteiger partial charge is 0.230 e. The quantitative estimate of drug-likeness (QED) is 0.800. The summed E-state index contributed by atoms with van der Waals surface area (Å²) in [5.41, 5.74) is 3.59. The van der Waals surface area contributed by atoms with Crippen molar-refractivity contribution in [2.45, 2.75) is 26.7 Å². The Morgan fingerprint density at radius 1 is 1.14 bits per heavy atom. The number of allylic oxidation sites excluding steroid dienone is 2. The first-order chi connectivity index (χ1) is 13.4. The number of carboxylic acids is 1. The van der Waals surface area contributed by atoms with Gasteiger partial charge in [-0.2, -0.15) is 0 Å². The molecule has 0 saturated heterocycles. The van der Waals surface area contributed by atoms with Crippen molar-refractivity contribution in [1.82, 2.24) is 4.98 Å². The van der Waals surface area contributed by atoms with Gasteiger partial charge >= 0.3 is 0 Å². The maximum Gasteiger partial charge on any atom is 0.230 e. The second-order valence-corrected chi connectivity index (χ2v) is 8.51. The third kappa shape index (κ3) is 3.13. The maximum absolute atomic E-state index is 13.1. The zero-order valence-electron chi connectivity index (χ0n) is 15.6. The van der Waals surface area contributed by atoms with Gasteiger partial charge in [0.25, 0.3) is 0 Å². The average Bonchev–Trinajstić information content (AvgIpc) is 3.35. The number of nitrogens with zero attached hydrogens (tertiary/aromatic N) is 1. The highest BCUT2D eigenvalue weighted by Gasteiger charge is 2.54. The number of hydrogen-bond donors (Lipinski definition) is 1. The van der Waals surface area contributed by atoms with Crippen LogP contribution in [0.25, 0.3) is 11.3 Å². The van der Waals surface area contributed by atoms with Crippen molar-refractivity contribution in [2.24, 2.45) is 23.7 Å². The molecule has 4 unspecified atom stereocenters. The van der Waals surface area contributed by atoms with Crippen molar-refractivity contribution in [2.75, 3.05) is 5.32 Å². The molecule has 7 heteroatoms. The van der Waals surface area contributed by atoms with Crippen LogP contribution in [0.15, 0.2) is 40.8 Å². The minimum atomic E-state index is -1.16. The number of amides is 1. The summed E-state index contributed by atoms with van der Waals surface area (Å²) >= 11 is 1.26. The number of fused-ring (bicyclic) bond motifs is 2. The molecule has 146 valence electrons. The largest absolute Gasteiger partial charge is 0.550 e. The molecule has 5 nitrogen and oxygen atoms in total. The first-order valence-corrected chi connectivity index (χ1v) is 10.1. The van der Waals surface area contributed by atoms with E-state index >= 15 is 0 Å². The van der Waals surface area contributed by atoms with Crippen LogP contribution in [0.3, 0.4) is 0 Å². The monoisotopic (exact) mass is 399 g/mol. The number of aromatic nitrogens is 1. The van der Waals surface area contributed by atoms with Gasteiger partial charge in [-0.15, -0.1) is 11.3 Å². The molecule has 2 aliphatic rings. The van der Waals surface area contributed by atoms with E-state index in [4.69, 9.17) is 0 Å². The molecular formula is C21H20FN2O3S-. The van der Waals surface area contributed by atoms with Crippen LogP contribution in [0.5, 0.6) is 0 Å². The fraction of sp³-hybridized carbons (Fsp3) is 0.381. The first-order valence-electron chi connectivity index (χ1n) is 9.27. The lowest BCUT2D eigenvalue weighted by molar-refractivity contribution is -0.314. The summed E-state index contributed by atoms with van der Waals surface area (Å²) in [4.78, 5) is 29.2. The lowest BCUT2D eigenvalue weighted by Crippen LogP contribution is -2.43. The summed E-state index contributed by atoms with van der Waals surface area (Å²) in [5.74, 6) is -3.38. The molecule has 0 radical (unpaired) electrons. The van der Waals surface area contributed by atoms with Crippen LogP contribution in [-0.4, -0.2) is 16.9 Å². The third-order valence-corrected chi connectivity index (χ3v) is 6.63. The molecule has 1 amide bonds. The molecule has 1 aromatic heterocycles. The Morgan fingerprint density at radius 3 is 2.39 bits per heavy atom. The van der Waals surface area contributed by atoms with Gasteiger partial charge in [-0.3, -0.25) is 4.79 Å². The Labute approximate surface area is 166 Å². The third-order valence-electron chi connectivity index (χ3n) is 5.87. The standard InChI is InChI=1S/C21H21FN2O3S/c1-10(2)16-13-7-8-14(16)18(20(26)27)17(13)19(25)24-21-23-15(9-28-21)11-3-5-12(22)6-4-11/h3-6,9,13-14,17-18H,7-8H2,1-2H3,(H,26,27)(H,23,24,25)/p-1. The van der Waals surface area contributed by atoms with Crippen molar-refractivity contribution < 1.29 is 19.1 Å². The van der Waals surface area contributed by atoms with Crippen molar-refractivity contribution in [3.8, 4) is 11.3 Å². The van der Waals surface area contributed by atoms with Crippen molar-refractivity contribution in [1.29, 1.82) is 0 Å². The summed E-state index contributed by atoms with van der Waals surface area (Å²) in [7, 11) is 0. The zero-order valence-corrected chi connectivity index (χ0v) is 16.4. The molecule has 28 heavy (non-hydrogen) atoms. The molecule has 2 aliphatic carbocycles. The Kier molecular flexibility index (Phi) is 4.79. The van der Waals surface area contributed by atoms with E-state index in [1.165, 1.54) is 23.5 Å². The highest BCUT2D eigenvalue weighted by atomic mass is 32.1. The molecule has 1 heterocycles. The number of benzene rings is 1. The van der Waals surface area contributed by atoms with E-state index in [0.717, 1.165) is 29.6 Å². The number of thiazole rings is 1. The molecular weight excluding hydrogens is 379 g/mol. The summed E-state index contributed by atoms with van der Waals surface area (Å²) in [6.45, 7) is 3.95. The Hall–Kier alpha value is -2.54. The van der Waals surface area contributed by atoms with Gasteiger partial charge in [-0.1, -0.05) is 11.1 Å². The van der Waals surface area contributed by atoms with Crippen LogP contribution in [0.2, 0.25) is 0 Å². The van der Waals surface area contributed by atoms with Crippen LogP contribution in [0.1, 0.15) is 26.7 Å². The summed E-state index contributed by atoms with van der Waals surface area (Å²) < 4.78 is 13.1. The molecule has 2 aromatic rings. The topological polar surface area (TPSA) is 82.1 Å². The summed E-state index contributed by atoms with van der Waals surface area (Å²) in [6, 6.07) is 5.96. The number of aliphatic carboxylic acids is 1. The average molecular weight is 399 g/mol. The molecule has 4 atom stereocenters. The zero-order chi connectivity index (χ0) is 20.0. The van der Waals surface area contributed by atoms with Gasteiger partial charge in [0.15, 0.2) is 5.13 Å². The second kappa shape index (κ2) is 7.13. The van der Waals surface area contributed by atoms with E-state index in [-0.39, 0.29) is 23.6 Å². The molecule has 0 spiro atoms. The molecule has 2 bridgehead atoms. The van der Waals surface area contributed by atoms with Crippen LogP contribution in [0, 0.1) is 29.5 Å². The van der Waals surface area contributed by atoms with Crippen LogP contribution in [0.4, 0.5) is 9.52 Å². The SMILES string of the molecule is CC(C)=C1C2CCC1C(C(=O)Nc1nc(-c3ccc(F)cc3)cs1)C2C(=O)[O-]. The Bertz CT molecular complexity index is 962. The number of carbonyl (C=O) groups excluding carboxylic acids is 2. The van der Waals surface area contributed by atoms with E-state index in [9.17, 15) is 19.1 Å². The number of carboxylic acid groups (broad SMARTS) is 1. The molecule has 0 aliphatic heterocycles. The van der Waals surface area contributed by atoms with Gasteiger partial charge in [0.05, 0.1) is 11.6 Å². The predicted octanol–water partition coefficient (Wildman–Crippen LogP) is 3.25. The van der Waals surface area contributed by atoms with E-state index < -0.39 is 17.8 Å². The lowest BCUT2D eigenvalue weighted by Gasteiger charge is -2.29. The first kappa shape index (κ1) is 18.8. The Balaban J connectivity index is 1.56. The Morgan fingerprint density at radius 2 is 1.79 bits per heavy atom. The second-order valence-electron chi connectivity index (χ2n) is 7.65. The van der Waals surface area contributed by atoms with Gasteiger partial charge in [-0.25, -0.2) is 9.37 Å². The van der Waals surface area contributed by atoms with Crippen LogP contribution in [-0.2, 0) is 9.59 Å². The van der Waals surface area contributed by atoms with Crippen molar-refractivity contribution in [3.05, 3.63) is 46.6 Å². The summed E-state index contributed by atoms with van der Waals surface area (Å²) in [5, 5.41) is 16.8. The highest BCUT2D eigenvalue weighted by molar-refractivity contribution is 7.14. The normalized spacial score (nSPS) is 25.8. The van der Waals surface area contributed by atoms with E-state index in [1.807, 2.05) is 13.8 Å². The van der Waals surface area contributed by atoms with Gasteiger partial charge in [0, 0.05) is 22.8 Å². The minimum Gasteiger partial charge on any atom is -0.550 e. The molecule has 2 saturated carbocycles. The summed E-state index contributed by atoms with van der Waals surface area (Å²) in [6.07, 6.45) is 1.62. The number of carbonyl (C=O) groups is 2. The fourth-order valence-corrected chi connectivity index (χ4v) is 5.59. The van der Waals surface area contributed by atoms with Gasteiger partial charge in [-0.05, 0) is 62.8 Å². The van der Waals surface area contributed by atoms with E-state index in [0.29, 0.717) is 10.8 Å². The molecule has 4 rings (SSSR count). The highest BCUT2D eigenvalue weighted by Crippen LogP contribution is 2.57. The predicted molar refractivity (Wildman–Crippen MR) is 103 cm³/mol. The van der Waals surface area contributed by atoms with E-state index in [1.54, 1.807) is 17.5 Å². The number of nitrogens with one attached hydrogen (secondary N) is 1. The van der Waals surface area contributed by atoms with Crippen molar-refractivity contribution in [3.63, 3.8) is 0 Å². The minimum absolute atomic E-state index is 0.0468.